The quantitative estimate of drug-likeness (QED) is 0.797. The summed E-state index contributed by atoms with van der Waals surface area (Å²) in [6, 6.07) is 7.91. The minimum atomic E-state index is 0.733. The first-order valence-corrected chi connectivity index (χ1v) is 7.35. The Morgan fingerprint density at radius 3 is 2.84 bits per heavy atom. The maximum Gasteiger partial charge on any atom is 0.0971 e. The summed E-state index contributed by atoms with van der Waals surface area (Å²) < 4.78 is 4.99. The van der Waals surface area contributed by atoms with Crippen LogP contribution in [-0.2, 0) is 17.7 Å². The summed E-state index contributed by atoms with van der Waals surface area (Å²) in [5.74, 6) is 0. The second-order valence-corrected chi connectivity index (χ2v) is 5.83. The molecule has 0 saturated heterocycles. The molecule has 0 fully saturated rings. The van der Waals surface area contributed by atoms with Crippen LogP contribution >= 0.6 is 22.9 Å². The predicted molar refractivity (Wildman–Crippen MR) is 80.0 cm³/mol. The van der Waals surface area contributed by atoms with Gasteiger partial charge in [0.15, 0.2) is 0 Å². The molecular weight excluding hydrogens is 280 g/mol. The molecule has 102 valence electrons. The normalized spacial score (nSPS) is 10.8. The van der Waals surface area contributed by atoms with Gasteiger partial charge >= 0.3 is 0 Å². The van der Waals surface area contributed by atoms with Gasteiger partial charge in [0.2, 0.25) is 0 Å². The Kier molecular flexibility index (Phi) is 5.79. The van der Waals surface area contributed by atoms with Gasteiger partial charge in [-0.05, 0) is 17.7 Å². The monoisotopic (exact) mass is 296 g/mol. The molecule has 1 heterocycles. The summed E-state index contributed by atoms with van der Waals surface area (Å²) in [6.07, 6.45) is 2.80. The summed E-state index contributed by atoms with van der Waals surface area (Å²) in [4.78, 5) is 5.70. The number of aromatic nitrogens is 1. The summed E-state index contributed by atoms with van der Waals surface area (Å²) in [5, 5.41) is 5.22. The van der Waals surface area contributed by atoms with Gasteiger partial charge in [-0.3, -0.25) is 0 Å². The number of nitrogens with one attached hydrogen (secondary N) is 1. The predicted octanol–water partition coefficient (Wildman–Crippen LogP) is 3.12. The maximum absolute atomic E-state index is 5.87. The number of hydrogen-bond donors (Lipinski definition) is 1. The number of benzene rings is 1. The Hall–Kier alpha value is -0.940. The molecule has 2 rings (SSSR count). The molecule has 19 heavy (non-hydrogen) atoms. The molecule has 0 aliphatic rings. The van der Waals surface area contributed by atoms with E-state index in [1.54, 1.807) is 18.4 Å². The summed E-state index contributed by atoms with van der Waals surface area (Å²) >= 11 is 7.61. The molecule has 3 nitrogen and oxygen atoms in total. The highest BCUT2D eigenvalue weighted by Crippen LogP contribution is 2.18. The molecule has 0 unspecified atom stereocenters. The first kappa shape index (κ1) is 14.5. The molecule has 0 aliphatic carbocycles. The third-order valence-corrected chi connectivity index (χ3v) is 3.90. The molecule has 0 atom stereocenters. The molecule has 1 aromatic carbocycles. The number of rotatable bonds is 7. The standard InChI is InChI=1S/C14H17ClN2OS/c1-18-7-6-16-9-13-10-17-14(19-13)8-11-2-4-12(15)5-3-11/h2-5,10,16H,6-9H2,1H3. The van der Waals surface area contributed by atoms with Crippen LogP contribution < -0.4 is 5.32 Å². The van der Waals surface area contributed by atoms with E-state index in [0.717, 1.165) is 36.1 Å². The van der Waals surface area contributed by atoms with Gasteiger partial charge in [-0.2, -0.15) is 0 Å². The molecule has 2 aromatic rings. The lowest BCUT2D eigenvalue weighted by Crippen LogP contribution is -2.17. The van der Waals surface area contributed by atoms with Gasteiger partial charge in [0.1, 0.15) is 0 Å². The Balaban J connectivity index is 1.85. The fourth-order valence-corrected chi connectivity index (χ4v) is 2.73. The number of thiazole rings is 1. The van der Waals surface area contributed by atoms with Gasteiger partial charge in [0.25, 0.3) is 0 Å². The van der Waals surface area contributed by atoms with E-state index in [0.29, 0.717) is 0 Å². The first-order chi connectivity index (χ1) is 9.28. The minimum absolute atomic E-state index is 0.733. The average molecular weight is 297 g/mol. The van der Waals surface area contributed by atoms with Gasteiger partial charge in [-0.1, -0.05) is 23.7 Å². The van der Waals surface area contributed by atoms with Crippen molar-refractivity contribution in [1.82, 2.24) is 10.3 Å². The van der Waals surface area contributed by atoms with Crippen LogP contribution in [-0.4, -0.2) is 25.2 Å². The zero-order valence-corrected chi connectivity index (χ0v) is 12.4. The molecule has 1 aromatic heterocycles. The Labute approximate surface area is 122 Å². The second kappa shape index (κ2) is 7.60. The lowest BCUT2D eigenvalue weighted by Gasteiger charge is -2.00. The molecule has 0 bridgehead atoms. The van der Waals surface area contributed by atoms with Gasteiger partial charge in [0, 0.05) is 42.7 Å². The molecule has 1 N–H and O–H groups in total. The SMILES string of the molecule is COCCNCc1cnc(Cc2ccc(Cl)cc2)s1. The topological polar surface area (TPSA) is 34.1 Å². The fourth-order valence-electron chi connectivity index (χ4n) is 1.67. The number of hydrogen-bond acceptors (Lipinski definition) is 4. The Bertz CT molecular complexity index is 498. The first-order valence-electron chi connectivity index (χ1n) is 6.15. The van der Waals surface area contributed by atoms with Crippen molar-refractivity contribution in [3.8, 4) is 0 Å². The summed E-state index contributed by atoms with van der Waals surface area (Å²) in [5.41, 5.74) is 1.23. The van der Waals surface area contributed by atoms with Gasteiger partial charge in [0.05, 0.1) is 11.6 Å². The van der Waals surface area contributed by atoms with Crippen molar-refractivity contribution in [3.05, 3.63) is 50.9 Å². The number of halogens is 1. The van der Waals surface area contributed by atoms with Crippen molar-refractivity contribution in [2.45, 2.75) is 13.0 Å². The van der Waals surface area contributed by atoms with Crippen LogP contribution in [0.25, 0.3) is 0 Å². The molecule has 0 radical (unpaired) electrons. The highest BCUT2D eigenvalue weighted by Gasteiger charge is 2.03. The second-order valence-electron chi connectivity index (χ2n) is 4.19. The van der Waals surface area contributed by atoms with Crippen LogP contribution in [0.5, 0.6) is 0 Å². The smallest absolute Gasteiger partial charge is 0.0971 e. The molecule has 5 heteroatoms. The third kappa shape index (κ3) is 4.91. The van der Waals surface area contributed by atoms with E-state index < -0.39 is 0 Å². The van der Waals surface area contributed by atoms with Crippen LogP contribution in [0.15, 0.2) is 30.5 Å². The van der Waals surface area contributed by atoms with Crippen LogP contribution in [0, 0.1) is 0 Å². The molecule has 0 spiro atoms. The van der Waals surface area contributed by atoms with Crippen molar-refractivity contribution >= 4 is 22.9 Å². The van der Waals surface area contributed by atoms with Gasteiger partial charge in [-0.15, -0.1) is 11.3 Å². The lowest BCUT2D eigenvalue weighted by atomic mass is 10.2. The highest BCUT2D eigenvalue weighted by molar-refractivity contribution is 7.11. The van der Waals surface area contributed by atoms with E-state index >= 15 is 0 Å². The summed E-state index contributed by atoms with van der Waals surface area (Å²) in [7, 11) is 1.71. The van der Waals surface area contributed by atoms with Crippen molar-refractivity contribution in [2.75, 3.05) is 20.3 Å². The Morgan fingerprint density at radius 1 is 1.32 bits per heavy atom. The number of methoxy groups -OCH3 is 1. The van der Waals surface area contributed by atoms with E-state index in [1.165, 1.54) is 10.4 Å². The lowest BCUT2D eigenvalue weighted by molar-refractivity contribution is 0.199. The fraction of sp³-hybridized carbons (Fsp3) is 0.357. The number of ether oxygens (including phenoxy) is 1. The van der Waals surface area contributed by atoms with E-state index in [4.69, 9.17) is 16.3 Å². The number of nitrogens with zero attached hydrogens (tertiary/aromatic N) is 1. The van der Waals surface area contributed by atoms with Crippen LogP contribution in [0.1, 0.15) is 15.4 Å². The van der Waals surface area contributed by atoms with Crippen molar-refractivity contribution in [2.24, 2.45) is 0 Å². The largest absolute Gasteiger partial charge is 0.383 e. The highest BCUT2D eigenvalue weighted by atomic mass is 35.5. The molecule has 0 aliphatic heterocycles. The van der Waals surface area contributed by atoms with E-state index in [2.05, 4.69) is 10.3 Å². The molecule has 0 amide bonds. The van der Waals surface area contributed by atoms with Crippen molar-refractivity contribution < 1.29 is 4.74 Å². The maximum atomic E-state index is 5.87. The minimum Gasteiger partial charge on any atom is -0.383 e. The van der Waals surface area contributed by atoms with Crippen LogP contribution in [0.2, 0.25) is 5.02 Å². The van der Waals surface area contributed by atoms with Crippen molar-refractivity contribution in [1.29, 1.82) is 0 Å². The van der Waals surface area contributed by atoms with Crippen LogP contribution in [0.4, 0.5) is 0 Å². The van der Waals surface area contributed by atoms with E-state index in [-0.39, 0.29) is 0 Å². The zero-order chi connectivity index (χ0) is 13.5. The molecule has 0 saturated carbocycles. The van der Waals surface area contributed by atoms with Crippen LogP contribution in [0.3, 0.4) is 0 Å². The Morgan fingerprint density at radius 2 is 2.11 bits per heavy atom. The summed E-state index contributed by atoms with van der Waals surface area (Å²) in [6.45, 7) is 2.44. The molecular formula is C14H17ClN2OS. The van der Waals surface area contributed by atoms with Gasteiger partial charge in [-0.25, -0.2) is 4.98 Å². The van der Waals surface area contributed by atoms with Gasteiger partial charge < -0.3 is 10.1 Å². The zero-order valence-electron chi connectivity index (χ0n) is 10.9. The third-order valence-electron chi connectivity index (χ3n) is 2.65. The van der Waals surface area contributed by atoms with Crippen molar-refractivity contribution in [3.63, 3.8) is 0 Å². The van der Waals surface area contributed by atoms with E-state index in [1.807, 2.05) is 30.5 Å². The van der Waals surface area contributed by atoms with E-state index in [9.17, 15) is 0 Å². The average Bonchev–Trinajstić information content (AvgIpc) is 2.85.